The highest BCUT2D eigenvalue weighted by Gasteiger charge is 2.38. The number of ketones is 1. The Morgan fingerprint density at radius 1 is 0.969 bits per heavy atom. The Balaban J connectivity index is 1.58. The van der Waals surface area contributed by atoms with Gasteiger partial charge in [-0.25, -0.2) is 4.68 Å². The second kappa shape index (κ2) is 7.47. The van der Waals surface area contributed by atoms with Gasteiger partial charge in [0.05, 0.1) is 10.0 Å². The third kappa shape index (κ3) is 2.96. The van der Waals surface area contributed by atoms with Crippen LogP contribution in [0.15, 0.2) is 71.9 Å². The van der Waals surface area contributed by atoms with Crippen LogP contribution >= 0.6 is 23.2 Å². The number of aromatic nitrogens is 3. The zero-order valence-corrected chi connectivity index (χ0v) is 18.5. The Hall–Kier alpha value is -3.15. The number of Topliss-reactive ketones (excluding diaryl/α,β-unsaturated/α-hetero) is 1. The molecule has 1 atom stereocenters. The number of nitrogens with one attached hydrogen (secondary N) is 1. The minimum Gasteiger partial charge on any atom is -0.328 e. The van der Waals surface area contributed by atoms with Crippen LogP contribution in [-0.4, -0.2) is 20.5 Å². The van der Waals surface area contributed by atoms with Crippen LogP contribution in [0.2, 0.25) is 10.0 Å². The molecule has 2 heterocycles. The van der Waals surface area contributed by atoms with Gasteiger partial charge in [-0.15, -0.1) is 5.10 Å². The van der Waals surface area contributed by atoms with E-state index >= 15 is 0 Å². The molecule has 1 aliphatic carbocycles. The predicted molar refractivity (Wildman–Crippen MR) is 127 cm³/mol. The van der Waals surface area contributed by atoms with Crippen molar-refractivity contribution in [2.45, 2.75) is 25.3 Å². The highest BCUT2D eigenvalue weighted by molar-refractivity contribution is 6.42. The smallest absolute Gasteiger partial charge is 0.226 e. The van der Waals surface area contributed by atoms with E-state index in [4.69, 9.17) is 33.3 Å². The van der Waals surface area contributed by atoms with Crippen LogP contribution in [0.4, 0.5) is 5.95 Å². The lowest BCUT2D eigenvalue weighted by Gasteiger charge is -2.32. The van der Waals surface area contributed by atoms with Gasteiger partial charge in [0.25, 0.3) is 0 Å². The third-order valence-electron chi connectivity index (χ3n) is 6.17. The summed E-state index contributed by atoms with van der Waals surface area (Å²) in [6.07, 6.45) is 2.10. The van der Waals surface area contributed by atoms with Crippen molar-refractivity contribution >= 4 is 45.7 Å². The first-order chi connectivity index (χ1) is 15.6. The summed E-state index contributed by atoms with van der Waals surface area (Å²) >= 11 is 13.0. The van der Waals surface area contributed by atoms with Crippen molar-refractivity contribution in [1.82, 2.24) is 14.8 Å². The van der Waals surface area contributed by atoms with Gasteiger partial charge < -0.3 is 5.32 Å². The van der Waals surface area contributed by atoms with E-state index in [1.807, 2.05) is 36.4 Å². The Kier molecular flexibility index (Phi) is 4.56. The molecule has 5 nitrogen and oxygen atoms in total. The van der Waals surface area contributed by atoms with Crippen molar-refractivity contribution < 1.29 is 4.79 Å². The first-order valence-corrected chi connectivity index (χ1v) is 11.3. The molecule has 0 saturated heterocycles. The number of carbonyl (C=O) groups is 1. The van der Waals surface area contributed by atoms with Crippen molar-refractivity contribution in [3.05, 3.63) is 87.5 Å². The van der Waals surface area contributed by atoms with Gasteiger partial charge >= 0.3 is 0 Å². The molecule has 6 rings (SSSR count). The van der Waals surface area contributed by atoms with Crippen molar-refractivity contribution in [1.29, 1.82) is 0 Å². The number of benzene rings is 3. The average Bonchev–Trinajstić information content (AvgIpc) is 3.23. The molecule has 0 fully saturated rings. The van der Waals surface area contributed by atoms with Crippen molar-refractivity contribution in [2.24, 2.45) is 0 Å². The molecular weight excluding hydrogens is 443 g/mol. The summed E-state index contributed by atoms with van der Waals surface area (Å²) in [7, 11) is 0. The topological polar surface area (TPSA) is 59.8 Å². The lowest BCUT2D eigenvalue weighted by Crippen LogP contribution is -2.31. The molecule has 4 aromatic rings. The normalized spacial score (nSPS) is 17.8. The van der Waals surface area contributed by atoms with E-state index in [1.54, 1.807) is 10.7 Å². The molecule has 32 heavy (non-hydrogen) atoms. The summed E-state index contributed by atoms with van der Waals surface area (Å²) in [4.78, 5) is 17.9. The second-order valence-electron chi connectivity index (χ2n) is 8.07. The lowest BCUT2D eigenvalue weighted by molar-refractivity contribution is -0.116. The lowest BCUT2D eigenvalue weighted by atomic mass is 9.85. The van der Waals surface area contributed by atoms with Gasteiger partial charge in [0.2, 0.25) is 5.95 Å². The van der Waals surface area contributed by atoms with Crippen LogP contribution in [0.1, 0.15) is 30.9 Å². The van der Waals surface area contributed by atoms with E-state index in [9.17, 15) is 4.79 Å². The first-order valence-electron chi connectivity index (χ1n) is 10.5. The molecular formula is C25H18Cl2N4O. The van der Waals surface area contributed by atoms with Crippen LogP contribution in [0.25, 0.3) is 22.2 Å². The minimum atomic E-state index is -0.475. The fourth-order valence-corrected chi connectivity index (χ4v) is 5.12. The second-order valence-corrected chi connectivity index (χ2v) is 8.85. The number of halogens is 2. The van der Waals surface area contributed by atoms with E-state index in [-0.39, 0.29) is 5.78 Å². The molecule has 1 aliphatic heterocycles. The SMILES string of the molecule is O=C1CCCC2=C1C(c1cccc(Cl)c1Cl)n1nc(-c3cccc4ccccc34)nc1N2. The highest BCUT2D eigenvalue weighted by Crippen LogP contribution is 2.44. The molecule has 2 aliphatic rings. The largest absolute Gasteiger partial charge is 0.328 e. The van der Waals surface area contributed by atoms with Gasteiger partial charge in [0.15, 0.2) is 11.6 Å². The summed E-state index contributed by atoms with van der Waals surface area (Å²) in [5.74, 6) is 1.30. The van der Waals surface area contributed by atoms with Gasteiger partial charge in [0, 0.05) is 28.8 Å². The fraction of sp³-hybridized carbons (Fsp3) is 0.160. The molecule has 158 valence electrons. The monoisotopic (exact) mass is 460 g/mol. The van der Waals surface area contributed by atoms with Gasteiger partial charge in [-0.05, 0) is 29.7 Å². The van der Waals surface area contributed by atoms with Crippen molar-refractivity contribution in [3.8, 4) is 11.4 Å². The molecule has 0 amide bonds. The average molecular weight is 461 g/mol. The maximum absolute atomic E-state index is 13.0. The van der Waals surface area contributed by atoms with Crippen LogP contribution < -0.4 is 5.32 Å². The zero-order chi connectivity index (χ0) is 21.8. The van der Waals surface area contributed by atoms with Crippen molar-refractivity contribution in [2.75, 3.05) is 5.32 Å². The Morgan fingerprint density at radius 2 is 1.78 bits per heavy atom. The fourth-order valence-electron chi connectivity index (χ4n) is 4.71. The first kappa shape index (κ1) is 19.5. The number of carbonyl (C=O) groups excluding carboxylic acids is 1. The molecule has 3 aromatic carbocycles. The maximum Gasteiger partial charge on any atom is 0.226 e. The van der Waals surface area contributed by atoms with Crippen molar-refractivity contribution in [3.63, 3.8) is 0 Å². The van der Waals surface area contributed by atoms with Gasteiger partial charge in [-0.2, -0.15) is 4.98 Å². The molecule has 0 spiro atoms. The predicted octanol–water partition coefficient (Wildman–Crippen LogP) is 6.43. The number of hydrogen-bond donors (Lipinski definition) is 1. The van der Waals surface area contributed by atoms with Crippen LogP contribution in [-0.2, 0) is 4.79 Å². The highest BCUT2D eigenvalue weighted by atomic mass is 35.5. The van der Waals surface area contributed by atoms with Gasteiger partial charge in [0.1, 0.15) is 6.04 Å². The molecule has 7 heteroatoms. The molecule has 1 N–H and O–H groups in total. The van der Waals surface area contributed by atoms with Crippen LogP contribution in [0.5, 0.6) is 0 Å². The summed E-state index contributed by atoms with van der Waals surface area (Å²) in [5.41, 5.74) is 3.28. The minimum absolute atomic E-state index is 0.104. The van der Waals surface area contributed by atoms with Gasteiger partial charge in [-0.3, -0.25) is 4.79 Å². The summed E-state index contributed by atoms with van der Waals surface area (Å²) in [6.45, 7) is 0. The van der Waals surface area contributed by atoms with E-state index in [0.717, 1.165) is 40.4 Å². The standard InChI is InChI=1S/C25H18Cl2N4O/c26-18-11-4-10-17(22(18)27)23-21-19(12-5-13-20(21)32)28-25-29-24(30-31(23)25)16-9-3-7-14-6-1-2-8-15(14)16/h1-4,6-11,23H,5,12-13H2,(H,28,29,30). The number of fused-ring (bicyclic) bond motifs is 2. The number of anilines is 1. The molecule has 0 saturated carbocycles. The summed E-state index contributed by atoms with van der Waals surface area (Å²) in [6, 6.07) is 19.3. The quantitative estimate of drug-likeness (QED) is 0.374. The molecule has 0 radical (unpaired) electrons. The van der Waals surface area contributed by atoms with Crippen LogP contribution in [0.3, 0.4) is 0 Å². The zero-order valence-electron chi connectivity index (χ0n) is 17.0. The van der Waals surface area contributed by atoms with Gasteiger partial charge in [-0.1, -0.05) is 77.8 Å². The molecule has 1 aromatic heterocycles. The summed E-state index contributed by atoms with van der Waals surface area (Å²) < 4.78 is 1.77. The van der Waals surface area contributed by atoms with E-state index in [0.29, 0.717) is 33.8 Å². The maximum atomic E-state index is 13.0. The van der Waals surface area contributed by atoms with Crippen LogP contribution in [0, 0.1) is 0 Å². The third-order valence-corrected chi connectivity index (χ3v) is 7.01. The summed E-state index contributed by atoms with van der Waals surface area (Å²) in [5, 5.41) is 11.3. The molecule has 0 bridgehead atoms. The number of rotatable bonds is 2. The Bertz CT molecular complexity index is 1430. The number of nitrogens with zero attached hydrogens (tertiary/aromatic N) is 3. The Morgan fingerprint density at radius 3 is 2.69 bits per heavy atom. The number of allylic oxidation sites excluding steroid dienone is 2. The Labute approximate surface area is 194 Å². The van der Waals surface area contributed by atoms with E-state index in [1.165, 1.54) is 0 Å². The number of hydrogen-bond acceptors (Lipinski definition) is 4. The van der Waals surface area contributed by atoms with E-state index < -0.39 is 6.04 Å². The molecule has 1 unspecified atom stereocenters. The van der Waals surface area contributed by atoms with E-state index in [2.05, 4.69) is 23.5 Å².